The smallest absolute Gasteiger partial charge is 0.211 e. The van der Waals surface area contributed by atoms with Crippen LogP contribution in [0.2, 0.25) is 15.3 Å². The quantitative estimate of drug-likeness (QED) is 0.660. The maximum atomic E-state index is 12.0. The van der Waals surface area contributed by atoms with E-state index in [1.807, 2.05) is 0 Å². The van der Waals surface area contributed by atoms with Crippen molar-refractivity contribution >= 4 is 34.8 Å². The van der Waals surface area contributed by atoms with Gasteiger partial charge in [0.05, 0.1) is 0 Å². The van der Waals surface area contributed by atoms with E-state index >= 15 is 0 Å². The van der Waals surface area contributed by atoms with Gasteiger partial charge in [0.2, 0.25) is 5.82 Å². The average molecular weight is 251 g/mol. The molecule has 0 N–H and O–H groups in total. The van der Waals surface area contributed by atoms with Gasteiger partial charge in [-0.15, -0.1) is 0 Å². The van der Waals surface area contributed by atoms with Gasteiger partial charge >= 0.3 is 6.18 Å². The molecule has 0 aliphatic rings. The van der Waals surface area contributed by atoms with Gasteiger partial charge in [0.25, 0.3) is 0 Å². The van der Waals surface area contributed by atoms with E-state index < -0.39 is 22.3 Å². The maximum Gasteiger partial charge on any atom is 0.451 e. The van der Waals surface area contributed by atoms with E-state index in [0.717, 1.165) is 0 Å². The number of aromatic nitrogens is 2. The van der Waals surface area contributed by atoms with Crippen molar-refractivity contribution in [1.82, 2.24) is 9.97 Å². The molecule has 13 heavy (non-hydrogen) atoms. The fourth-order valence-electron chi connectivity index (χ4n) is 0.521. The molecule has 1 aromatic heterocycles. The molecular formula is C5Cl3F3N2. The lowest BCUT2D eigenvalue weighted by atomic mass is 10.5. The van der Waals surface area contributed by atoms with Crippen molar-refractivity contribution in [3.8, 4) is 0 Å². The number of nitrogens with zero attached hydrogens (tertiary/aromatic N) is 2. The van der Waals surface area contributed by atoms with Crippen molar-refractivity contribution in [1.29, 1.82) is 0 Å². The van der Waals surface area contributed by atoms with Crippen molar-refractivity contribution < 1.29 is 13.2 Å². The summed E-state index contributed by atoms with van der Waals surface area (Å²) in [6, 6.07) is 0. The molecule has 0 saturated carbocycles. The lowest BCUT2D eigenvalue weighted by molar-refractivity contribution is -0.144. The van der Waals surface area contributed by atoms with Crippen LogP contribution in [0.5, 0.6) is 0 Å². The van der Waals surface area contributed by atoms with E-state index in [4.69, 9.17) is 34.8 Å². The zero-order valence-electron chi connectivity index (χ0n) is 5.66. The molecular weight excluding hydrogens is 251 g/mol. The number of rotatable bonds is 0. The van der Waals surface area contributed by atoms with Crippen molar-refractivity contribution in [3.63, 3.8) is 0 Å². The molecule has 1 aromatic rings. The topological polar surface area (TPSA) is 25.8 Å². The highest BCUT2D eigenvalue weighted by Crippen LogP contribution is 2.32. The fourth-order valence-corrected chi connectivity index (χ4v) is 0.993. The van der Waals surface area contributed by atoms with Crippen LogP contribution in [0, 0.1) is 0 Å². The highest BCUT2D eigenvalue weighted by atomic mass is 35.5. The van der Waals surface area contributed by atoms with Gasteiger partial charge in [-0.3, -0.25) is 0 Å². The Labute approximate surface area is 85.6 Å². The van der Waals surface area contributed by atoms with Crippen molar-refractivity contribution in [3.05, 3.63) is 21.2 Å². The van der Waals surface area contributed by atoms with Crippen molar-refractivity contribution in [2.24, 2.45) is 0 Å². The Morgan fingerprint density at radius 2 is 1.31 bits per heavy atom. The Bertz CT molecular complexity index is 315. The Balaban J connectivity index is 3.29. The molecule has 0 fully saturated rings. The van der Waals surface area contributed by atoms with Crippen LogP contribution in [0.4, 0.5) is 13.2 Å². The summed E-state index contributed by atoms with van der Waals surface area (Å²) < 4.78 is 36.0. The number of hydrogen-bond acceptors (Lipinski definition) is 2. The summed E-state index contributed by atoms with van der Waals surface area (Å²) in [5.74, 6) is -1.41. The molecule has 8 heteroatoms. The Morgan fingerprint density at radius 3 is 1.62 bits per heavy atom. The molecule has 0 unspecified atom stereocenters. The van der Waals surface area contributed by atoms with E-state index in [0.29, 0.717) is 0 Å². The molecule has 0 aliphatic carbocycles. The molecule has 0 aromatic carbocycles. The molecule has 1 heterocycles. The summed E-state index contributed by atoms with van der Waals surface area (Å²) in [6.07, 6.45) is -4.68. The van der Waals surface area contributed by atoms with Gasteiger partial charge in [-0.1, -0.05) is 34.8 Å². The minimum Gasteiger partial charge on any atom is -0.211 e. The summed E-state index contributed by atoms with van der Waals surface area (Å²) in [4.78, 5) is 5.84. The minimum atomic E-state index is -4.68. The minimum absolute atomic E-state index is 0.295. The second-order valence-corrected chi connectivity index (χ2v) is 3.03. The monoisotopic (exact) mass is 250 g/mol. The van der Waals surface area contributed by atoms with E-state index in [2.05, 4.69) is 9.97 Å². The lowest BCUT2D eigenvalue weighted by Gasteiger charge is -2.05. The predicted octanol–water partition coefficient (Wildman–Crippen LogP) is 3.46. The van der Waals surface area contributed by atoms with E-state index in [1.54, 1.807) is 0 Å². The molecule has 0 atom stereocenters. The molecule has 0 aliphatic heterocycles. The van der Waals surface area contributed by atoms with Crippen LogP contribution in [0.3, 0.4) is 0 Å². The van der Waals surface area contributed by atoms with Gasteiger partial charge < -0.3 is 0 Å². The summed E-state index contributed by atoms with van der Waals surface area (Å²) in [5, 5.41) is -1.33. The van der Waals surface area contributed by atoms with Gasteiger partial charge in [-0.2, -0.15) is 13.2 Å². The van der Waals surface area contributed by atoms with Gasteiger partial charge in [0.1, 0.15) is 5.02 Å². The van der Waals surface area contributed by atoms with E-state index in [-0.39, 0.29) is 5.02 Å². The molecule has 1 rings (SSSR count). The third-order valence-corrected chi connectivity index (χ3v) is 2.12. The highest BCUT2D eigenvalue weighted by molar-refractivity contribution is 6.46. The number of alkyl halides is 3. The molecule has 2 nitrogen and oxygen atoms in total. The summed E-state index contributed by atoms with van der Waals surface area (Å²) >= 11 is 15.9. The first-order valence-corrected chi connectivity index (χ1v) is 3.91. The van der Waals surface area contributed by atoms with Crippen molar-refractivity contribution in [2.45, 2.75) is 6.18 Å². The molecule has 72 valence electrons. The average Bonchev–Trinajstić information content (AvgIpc) is 1.97. The number of halogens is 6. The lowest BCUT2D eigenvalue weighted by Crippen LogP contribution is -2.11. The molecule has 0 amide bonds. The largest absolute Gasteiger partial charge is 0.451 e. The van der Waals surface area contributed by atoms with Crippen molar-refractivity contribution in [2.75, 3.05) is 0 Å². The Hall–Kier alpha value is -0.260. The zero-order valence-corrected chi connectivity index (χ0v) is 7.93. The second kappa shape index (κ2) is 3.48. The van der Waals surface area contributed by atoms with Crippen LogP contribution in [-0.4, -0.2) is 9.97 Å². The first-order chi connectivity index (χ1) is 5.82. The third kappa shape index (κ3) is 2.36. The van der Waals surface area contributed by atoms with Crippen LogP contribution in [-0.2, 0) is 6.18 Å². The standard InChI is InChI=1S/C5Cl3F3N2/c6-1-2(7)12-4(5(9,10)11)13-3(1)8. The van der Waals surface area contributed by atoms with Crippen LogP contribution in [0.1, 0.15) is 5.82 Å². The van der Waals surface area contributed by atoms with Crippen LogP contribution in [0.15, 0.2) is 0 Å². The number of hydrogen-bond donors (Lipinski definition) is 0. The van der Waals surface area contributed by atoms with Gasteiger partial charge in [-0.05, 0) is 0 Å². The predicted molar refractivity (Wildman–Crippen MR) is 42.1 cm³/mol. The second-order valence-electron chi connectivity index (χ2n) is 1.94. The summed E-state index contributed by atoms with van der Waals surface area (Å²) in [5.41, 5.74) is 0. The molecule has 0 radical (unpaired) electrons. The van der Waals surface area contributed by atoms with E-state index in [1.165, 1.54) is 0 Å². The summed E-state index contributed by atoms with van der Waals surface area (Å²) in [7, 11) is 0. The zero-order chi connectivity index (χ0) is 10.2. The first kappa shape index (κ1) is 10.8. The first-order valence-electron chi connectivity index (χ1n) is 2.78. The fraction of sp³-hybridized carbons (Fsp3) is 0.200. The molecule has 0 spiro atoms. The van der Waals surface area contributed by atoms with E-state index in [9.17, 15) is 13.2 Å². The van der Waals surface area contributed by atoms with Crippen LogP contribution < -0.4 is 0 Å². The normalized spacial score (nSPS) is 11.8. The van der Waals surface area contributed by atoms with Gasteiger partial charge in [0.15, 0.2) is 10.3 Å². The molecule has 0 saturated heterocycles. The third-order valence-electron chi connectivity index (χ3n) is 1.02. The van der Waals surface area contributed by atoms with Gasteiger partial charge in [-0.25, -0.2) is 9.97 Å². The Kier molecular flexibility index (Phi) is 2.89. The highest BCUT2D eigenvalue weighted by Gasteiger charge is 2.35. The SMILES string of the molecule is FC(F)(F)c1nc(Cl)c(Cl)c(Cl)n1. The maximum absolute atomic E-state index is 12.0. The summed E-state index contributed by atoms with van der Waals surface area (Å²) in [6.45, 7) is 0. The van der Waals surface area contributed by atoms with Gasteiger partial charge in [0, 0.05) is 0 Å². The Morgan fingerprint density at radius 1 is 0.923 bits per heavy atom. The van der Waals surface area contributed by atoms with Crippen LogP contribution in [0.25, 0.3) is 0 Å². The van der Waals surface area contributed by atoms with Crippen LogP contribution >= 0.6 is 34.8 Å². The molecule has 0 bridgehead atoms.